The summed E-state index contributed by atoms with van der Waals surface area (Å²) >= 11 is 0. The van der Waals surface area contributed by atoms with Gasteiger partial charge in [0.1, 0.15) is 0 Å². The molecule has 17 heavy (non-hydrogen) atoms. The fourth-order valence-corrected chi connectivity index (χ4v) is 2.88. The molecule has 0 aliphatic carbocycles. The summed E-state index contributed by atoms with van der Waals surface area (Å²) in [5.41, 5.74) is 8.98. The Kier molecular flexibility index (Phi) is 2.65. The van der Waals surface area contributed by atoms with Gasteiger partial charge in [-0.1, -0.05) is 18.2 Å². The van der Waals surface area contributed by atoms with Gasteiger partial charge in [0.2, 0.25) is 0 Å². The molecule has 2 unspecified atom stereocenters. The monoisotopic (exact) mass is 229 g/mol. The molecular weight excluding hydrogens is 210 g/mol. The molecule has 90 valence electrons. The Labute approximate surface area is 102 Å². The zero-order chi connectivity index (χ0) is 11.8. The molecule has 1 fully saturated rings. The Morgan fingerprint density at radius 2 is 2.24 bits per heavy atom. The average molecular weight is 229 g/mol. The van der Waals surface area contributed by atoms with Crippen LogP contribution in [0.3, 0.4) is 0 Å². The molecule has 3 nitrogen and oxygen atoms in total. The van der Waals surface area contributed by atoms with E-state index in [4.69, 9.17) is 5.73 Å². The molecule has 1 aliphatic rings. The van der Waals surface area contributed by atoms with Gasteiger partial charge in [-0.2, -0.15) is 0 Å². The van der Waals surface area contributed by atoms with Gasteiger partial charge in [-0.3, -0.25) is 0 Å². The maximum atomic E-state index is 6.43. The molecule has 1 aromatic heterocycles. The van der Waals surface area contributed by atoms with Gasteiger partial charge in [0, 0.05) is 30.2 Å². The van der Waals surface area contributed by atoms with Crippen molar-refractivity contribution in [3.05, 3.63) is 36.0 Å². The van der Waals surface area contributed by atoms with Crippen molar-refractivity contribution >= 4 is 10.9 Å². The molecule has 1 saturated heterocycles. The molecule has 3 rings (SSSR count). The van der Waals surface area contributed by atoms with Gasteiger partial charge in [0.15, 0.2) is 0 Å². The van der Waals surface area contributed by atoms with Crippen LogP contribution in [0.4, 0.5) is 0 Å². The van der Waals surface area contributed by atoms with Crippen LogP contribution in [0.2, 0.25) is 0 Å². The van der Waals surface area contributed by atoms with Crippen molar-refractivity contribution in [1.82, 2.24) is 9.88 Å². The van der Waals surface area contributed by atoms with E-state index in [1.165, 1.54) is 22.9 Å². The Hall–Kier alpha value is -1.32. The number of aryl methyl sites for hydroxylation is 1. The minimum Gasteiger partial charge on any atom is -0.350 e. The summed E-state index contributed by atoms with van der Waals surface area (Å²) in [6.07, 6.45) is 3.37. The van der Waals surface area contributed by atoms with Crippen LogP contribution in [-0.4, -0.2) is 17.7 Å². The number of benzene rings is 1. The first-order valence-electron chi connectivity index (χ1n) is 6.27. The second kappa shape index (κ2) is 4.17. The van der Waals surface area contributed by atoms with E-state index in [0.717, 1.165) is 13.1 Å². The van der Waals surface area contributed by atoms with Crippen LogP contribution in [-0.2, 0) is 7.05 Å². The molecule has 1 aliphatic heterocycles. The van der Waals surface area contributed by atoms with Gasteiger partial charge in [0.25, 0.3) is 0 Å². The lowest BCUT2D eigenvalue weighted by molar-refractivity contribution is 0.472. The summed E-state index contributed by atoms with van der Waals surface area (Å²) in [6, 6.07) is 8.64. The van der Waals surface area contributed by atoms with Gasteiger partial charge >= 0.3 is 0 Å². The lowest BCUT2D eigenvalue weighted by Gasteiger charge is -2.17. The fraction of sp³-hybridized carbons (Fsp3) is 0.429. The van der Waals surface area contributed by atoms with E-state index in [1.807, 2.05) is 0 Å². The molecule has 0 radical (unpaired) electrons. The molecule has 3 heteroatoms. The molecule has 2 heterocycles. The third-order valence-corrected chi connectivity index (χ3v) is 3.89. The Morgan fingerprint density at radius 1 is 1.41 bits per heavy atom. The third kappa shape index (κ3) is 1.75. The maximum absolute atomic E-state index is 6.43. The minimum atomic E-state index is 0.149. The predicted molar refractivity (Wildman–Crippen MR) is 70.8 cm³/mol. The van der Waals surface area contributed by atoms with Crippen LogP contribution in [0.15, 0.2) is 30.5 Å². The van der Waals surface area contributed by atoms with Gasteiger partial charge in [0.05, 0.1) is 0 Å². The van der Waals surface area contributed by atoms with Gasteiger partial charge < -0.3 is 15.6 Å². The van der Waals surface area contributed by atoms with Crippen LogP contribution in [0, 0.1) is 5.92 Å². The van der Waals surface area contributed by atoms with Crippen LogP contribution in [0.5, 0.6) is 0 Å². The van der Waals surface area contributed by atoms with E-state index in [9.17, 15) is 0 Å². The van der Waals surface area contributed by atoms with E-state index in [0.29, 0.717) is 5.92 Å². The van der Waals surface area contributed by atoms with Crippen molar-refractivity contribution in [2.45, 2.75) is 12.5 Å². The number of aromatic nitrogens is 1. The summed E-state index contributed by atoms with van der Waals surface area (Å²) in [5.74, 6) is 0.570. The van der Waals surface area contributed by atoms with Crippen LogP contribution in [0.25, 0.3) is 10.9 Å². The van der Waals surface area contributed by atoms with Gasteiger partial charge in [-0.15, -0.1) is 0 Å². The first kappa shape index (κ1) is 10.8. The molecule has 0 bridgehead atoms. The van der Waals surface area contributed by atoms with Crippen LogP contribution >= 0.6 is 0 Å². The first-order chi connectivity index (χ1) is 8.27. The topological polar surface area (TPSA) is 43.0 Å². The highest BCUT2D eigenvalue weighted by Gasteiger charge is 2.25. The van der Waals surface area contributed by atoms with E-state index in [1.54, 1.807) is 0 Å². The smallest absolute Gasteiger partial charge is 0.0481 e. The number of nitrogens with zero attached hydrogens (tertiary/aromatic N) is 1. The molecule has 2 atom stereocenters. The highest BCUT2D eigenvalue weighted by atomic mass is 14.9. The summed E-state index contributed by atoms with van der Waals surface area (Å²) in [6.45, 7) is 2.15. The van der Waals surface area contributed by atoms with E-state index in [-0.39, 0.29) is 6.04 Å². The van der Waals surface area contributed by atoms with Crippen molar-refractivity contribution in [2.75, 3.05) is 13.1 Å². The third-order valence-electron chi connectivity index (χ3n) is 3.89. The number of hydrogen-bond donors (Lipinski definition) is 2. The minimum absolute atomic E-state index is 0.149. The molecule has 0 amide bonds. The molecule has 3 N–H and O–H groups in total. The number of fused-ring (bicyclic) bond motifs is 1. The van der Waals surface area contributed by atoms with Crippen molar-refractivity contribution in [3.63, 3.8) is 0 Å². The molecule has 2 aromatic rings. The Balaban J connectivity index is 2.04. The number of rotatable bonds is 2. The summed E-state index contributed by atoms with van der Waals surface area (Å²) in [7, 11) is 2.09. The molecule has 0 spiro atoms. The zero-order valence-electron chi connectivity index (χ0n) is 10.2. The summed E-state index contributed by atoms with van der Waals surface area (Å²) in [5, 5.41) is 4.69. The van der Waals surface area contributed by atoms with E-state index < -0.39 is 0 Å². The summed E-state index contributed by atoms with van der Waals surface area (Å²) in [4.78, 5) is 0. The summed E-state index contributed by atoms with van der Waals surface area (Å²) < 4.78 is 2.17. The number of nitrogens with one attached hydrogen (secondary N) is 1. The lowest BCUT2D eigenvalue weighted by Crippen LogP contribution is -2.23. The van der Waals surface area contributed by atoms with Crippen molar-refractivity contribution in [3.8, 4) is 0 Å². The SMILES string of the molecule is Cn1cc(C(N)C2CCNC2)c2ccccc21. The Morgan fingerprint density at radius 3 is 3.00 bits per heavy atom. The quantitative estimate of drug-likeness (QED) is 0.824. The molecule has 0 saturated carbocycles. The normalized spacial score (nSPS) is 22.1. The molecular formula is C14H19N3. The number of para-hydroxylation sites is 1. The zero-order valence-corrected chi connectivity index (χ0v) is 10.2. The standard InChI is InChI=1S/C14H19N3/c1-17-9-12(11-4-2-3-5-13(11)17)14(15)10-6-7-16-8-10/h2-5,9-10,14,16H,6-8,15H2,1H3. The second-order valence-corrected chi connectivity index (χ2v) is 4.99. The van der Waals surface area contributed by atoms with Crippen LogP contribution in [0.1, 0.15) is 18.0 Å². The van der Waals surface area contributed by atoms with Crippen molar-refractivity contribution in [2.24, 2.45) is 18.7 Å². The predicted octanol–water partition coefficient (Wildman–Crippen LogP) is 1.79. The number of nitrogens with two attached hydrogens (primary N) is 1. The average Bonchev–Trinajstić information content (AvgIpc) is 2.97. The van der Waals surface area contributed by atoms with Crippen molar-refractivity contribution in [1.29, 1.82) is 0 Å². The van der Waals surface area contributed by atoms with Crippen LogP contribution < -0.4 is 11.1 Å². The largest absolute Gasteiger partial charge is 0.350 e. The fourth-order valence-electron chi connectivity index (χ4n) is 2.88. The second-order valence-electron chi connectivity index (χ2n) is 4.99. The highest BCUT2D eigenvalue weighted by molar-refractivity contribution is 5.84. The van der Waals surface area contributed by atoms with E-state index >= 15 is 0 Å². The number of hydrogen-bond acceptors (Lipinski definition) is 2. The van der Waals surface area contributed by atoms with E-state index in [2.05, 4.69) is 47.4 Å². The van der Waals surface area contributed by atoms with Crippen molar-refractivity contribution < 1.29 is 0 Å². The lowest BCUT2D eigenvalue weighted by atomic mass is 9.93. The van der Waals surface area contributed by atoms with Gasteiger partial charge in [-0.05, 0) is 37.1 Å². The maximum Gasteiger partial charge on any atom is 0.0481 e. The molecule has 1 aromatic carbocycles. The van der Waals surface area contributed by atoms with Gasteiger partial charge in [-0.25, -0.2) is 0 Å². The first-order valence-corrected chi connectivity index (χ1v) is 6.27. The Bertz CT molecular complexity index is 523. The highest BCUT2D eigenvalue weighted by Crippen LogP contribution is 2.31.